The maximum Gasteiger partial charge on any atom is 0.128 e. The van der Waals surface area contributed by atoms with Crippen LogP contribution in [0.1, 0.15) is 24.0 Å². The smallest absolute Gasteiger partial charge is 0.128 e. The third-order valence-corrected chi connectivity index (χ3v) is 4.21. The van der Waals surface area contributed by atoms with Crippen LogP contribution in [0, 0.1) is 0 Å². The zero-order valence-corrected chi connectivity index (χ0v) is 10.9. The number of benzene rings is 2. The predicted octanol–water partition coefficient (Wildman–Crippen LogP) is 3.89. The third-order valence-electron chi connectivity index (χ3n) is 3.55. The maximum atomic E-state index is 10.4. The molecule has 88 valence electrons. The van der Waals surface area contributed by atoms with Crippen LogP contribution in [0.2, 0.25) is 0 Å². The van der Waals surface area contributed by atoms with Gasteiger partial charge in [-0.05, 0) is 31.7 Å². The van der Waals surface area contributed by atoms with Crippen LogP contribution in [-0.4, -0.2) is 10.2 Å². The number of halogens is 1. The minimum atomic E-state index is 0.333. The topological polar surface area (TPSA) is 40.5 Å². The van der Waals surface area contributed by atoms with Gasteiger partial charge in [-0.25, -0.2) is 0 Å². The molecule has 17 heavy (non-hydrogen) atoms. The molecule has 0 unspecified atom stereocenters. The molecule has 2 aromatic carbocycles. The lowest BCUT2D eigenvalue weighted by molar-refractivity contribution is 0.449. The Morgan fingerprint density at radius 1 is 0.941 bits per heavy atom. The van der Waals surface area contributed by atoms with Gasteiger partial charge in [-0.3, -0.25) is 0 Å². The van der Waals surface area contributed by atoms with Crippen molar-refractivity contribution in [3.63, 3.8) is 0 Å². The number of rotatable bonds is 0. The largest absolute Gasteiger partial charge is 0.507 e. The number of phenolic OH excluding ortho intramolecular Hbond substituents is 2. The summed E-state index contributed by atoms with van der Waals surface area (Å²) >= 11 is 3.44. The predicted molar refractivity (Wildman–Crippen MR) is 71.6 cm³/mol. The lowest BCUT2D eigenvalue weighted by atomic mass is 9.87. The first kappa shape index (κ1) is 10.9. The SMILES string of the molecule is Oc1c2c(c(O)c3c(Br)cccc13)CCCC2. The molecule has 1 aliphatic rings. The Morgan fingerprint density at radius 2 is 1.59 bits per heavy atom. The van der Waals surface area contributed by atoms with Gasteiger partial charge in [0.2, 0.25) is 0 Å². The summed E-state index contributed by atoms with van der Waals surface area (Å²) in [5, 5.41) is 22.1. The van der Waals surface area contributed by atoms with Crippen LogP contribution in [0.4, 0.5) is 0 Å². The molecule has 2 nitrogen and oxygen atoms in total. The van der Waals surface area contributed by atoms with Crippen LogP contribution >= 0.6 is 15.9 Å². The zero-order chi connectivity index (χ0) is 12.0. The molecule has 0 fully saturated rings. The van der Waals surface area contributed by atoms with Crippen LogP contribution in [0.25, 0.3) is 10.8 Å². The molecule has 0 aliphatic heterocycles. The van der Waals surface area contributed by atoms with Gasteiger partial charge < -0.3 is 10.2 Å². The molecule has 0 heterocycles. The first-order valence-electron chi connectivity index (χ1n) is 5.84. The second kappa shape index (κ2) is 3.91. The van der Waals surface area contributed by atoms with Crippen molar-refractivity contribution in [2.45, 2.75) is 25.7 Å². The monoisotopic (exact) mass is 292 g/mol. The maximum absolute atomic E-state index is 10.4. The Kier molecular flexibility index (Phi) is 2.51. The summed E-state index contributed by atoms with van der Waals surface area (Å²) in [6.07, 6.45) is 3.87. The molecule has 0 saturated carbocycles. The number of phenols is 2. The fourth-order valence-corrected chi connectivity index (χ4v) is 3.26. The molecule has 0 spiro atoms. The van der Waals surface area contributed by atoms with Gasteiger partial charge >= 0.3 is 0 Å². The highest BCUT2D eigenvalue weighted by Crippen LogP contribution is 2.45. The second-order valence-corrected chi connectivity index (χ2v) is 5.38. The number of fused-ring (bicyclic) bond motifs is 2. The van der Waals surface area contributed by atoms with Gasteiger partial charge in [0.1, 0.15) is 11.5 Å². The van der Waals surface area contributed by atoms with Crippen molar-refractivity contribution in [2.75, 3.05) is 0 Å². The lowest BCUT2D eigenvalue weighted by Crippen LogP contribution is -2.04. The van der Waals surface area contributed by atoms with Crippen molar-refractivity contribution < 1.29 is 10.2 Å². The quantitative estimate of drug-likeness (QED) is 0.723. The molecule has 0 saturated heterocycles. The number of hydrogen-bond donors (Lipinski definition) is 2. The molecule has 0 radical (unpaired) electrons. The van der Waals surface area contributed by atoms with Gasteiger partial charge in [-0.1, -0.05) is 28.1 Å². The van der Waals surface area contributed by atoms with E-state index < -0.39 is 0 Å². The lowest BCUT2D eigenvalue weighted by Gasteiger charge is -2.21. The van der Waals surface area contributed by atoms with E-state index in [4.69, 9.17) is 0 Å². The van der Waals surface area contributed by atoms with E-state index in [2.05, 4.69) is 15.9 Å². The molecule has 0 bridgehead atoms. The number of aromatic hydroxyl groups is 2. The number of hydrogen-bond acceptors (Lipinski definition) is 2. The summed E-state index contributed by atoms with van der Waals surface area (Å²) in [7, 11) is 0. The van der Waals surface area contributed by atoms with E-state index in [0.717, 1.165) is 52.1 Å². The second-order valence-electron chi connectivity index (χ2n) is 4.52. The fourth-order valence-electron chi connectivity index (χ4n) is 2.70. The highest BCUT2D eigenvalue weighted by molar-refractivity contribution is 9.10. The van der Waals surface area contributed by atoms with E-state index in [9.17, 15) is 10.2 Å². The van der Waals surface area contributed by atoms with E-state index >= 15 is 0 Å². The summed E-state index contributed by atoms with van der Waals surface area (Å²) < 4.78 is 0.830. The van der Waals surface area contributed by atoms with E-state index in [1.165, 1.54) is 0 Å². The minimum absolute atomic E-state index is 0.333. The van der Waals surface area contributed by atoms with Crippen molar-refractivity contribution in [3.05, 3.63) is 33.8 Å². The normalized spacial score (nSPS) is 14.9. The molecule has 0 amide bonds. The molecule has 2 N–H and O–H groups in total. The average Bonchev–Trinajstić information content (AvgIpc) is 2.36. The van der Waals surface area contributed by atoms with Gasteiger partial charge in [0.15, 0.2) is 0 Å². The van der Waals surface area contributed by atoms with Gasteiger partial charge in [-0.15, -0.1) is 0 Å². The van der Waals surface area contributed by atoms with Gasteiger partial charge in [0, 0.05) is 26.4 Å². The van der Waals surface area contributed by atoms with E-state index in [1.54, 1.807) is 0 Å². The Morgan fingerprint density at radius 3 is 2.29 bits per heavy atom. The molecular weight excluding hydrogens is 280 g/mol. The summed E-state index contributed by atoms with van der Waals surface area (Å²) in [5.74, 6) is 0.675. The molecule has 3 rings (SSSR count). The summed E-state index contributed by atoms with van der Waals surface area (Å²) in [4.78, 5) is 0. The Hall–Kier alpha value is -1.22. The zero-order valence-electron chi connectivity index (χ0n) is 9.33. The summed E-state index contributed by atoms with van der Waals surface area (Å²) in [5.41, 5.74) is 1.85. The van der Waals surface area contributed by atoms with Crippen LogP contribution in [0.3, 0.4) is 0 Å². The molecule has 0 aromatic heterocycles. The molecule has 3 heteroatoms. The first-order chi connectivity index (χ1) is 8.20. The van der Waals surface area contributed by atoms with Crippen LogP contribution in [0.5, 0.6) is 11.5 Å². The van der Waals surface area contributed by atoms with Crippen molar-refractivity contribution >= 4 is 26.7 Å². The van der Waals surface area contributed by atoms with E-state index in [0.29, 0.717) is 11.5 Å². The molecule has 0 atom stereocenters. The molecule has 2 aromatic rings. The van der Waals surface area contributed by atoms with E-state index in [1.807, 2.05) is 18.2 Å². The standard InChI is InChI=1S/C14H13BrO2/c15-11-7-3-6-10-12(11)14(17)9-5-2-1-4-8(9)13(10)16/h3,6-7,16-17H,1-2,4-5H2. The van der Waals surface area contributed by atoms with Crippen LogP contribution < -0.4 is 0 Å². The van der Waals surface area contributed by atoms with Crippen molar-refractivity contribution in [1.82, 2.24) is 0 Å². The Balaban J connectivity index is 2.48. The van der Waals surface area contributed by atoms with Crippen LogP contribution in [0.15, 0.2) is 22.7 Å². The van der Waals surface area contributed by atoms with Gasteiger partial charge in [-0.2, -0.15) is 0 Å². The van der Waals surface area contributed by atoms with Gasteiger partial charge in [0.25, 0.3) is 0 Å². The molecular formula is C14H13BrO2. The van der Waals surface area contributed by atoms with Crippen molar-refractivity contribution in [2.24, 2.45) is 0 Å². The van der Waals surface area contributed by atoms with Crippen molar-refractivity contribution in [1.29, 1.82) is 0 Å². The highest BCUT2D eigenvalue weighted by Gasteiger charge is 2.22. The Labute approximate surface area is 108 Å². The minimum Gasteiger partial charge on any atom is -0.507 e. The summed E-state index contributed by atoms with van der Waals surface area (Å²) in [6, 6.07) is 5.61. The highest BCUT2D eigenvalue weighted by atomic mass is 79.9. The van der Waals surface area contributed by atoms with Crippen LogP contribution in [-0.2, 0) is 12.8 Å². The first-order valence-corrected chi connectivity index (χ1v) is 6.63. The summed E-state index contributed by atoms with van der Waals surface area (Å²) in [6.45, 7) is 0. The van der Waals surface area contributed by atoms with E-state index in [-0.39, 0.29) is 0 Å². The van der Waals surface area contributed by atoms with Gasteiger partial charge in [0.05, 0.1) is 0 Å². The van der Waals surface area contributed by atoms with Crippen molar-refractivity contribution in [3.8, 4) is 11.5 Å². The fraction of sp³-hybridized carbons (Fsp3) is 0.286. The third kappa shape index (κ3) is 1.53. The Bertz CT molecular complexity index is 605. The average molecular weight is 293 g/mol. The molecule has 1 aliphatic carbocycles.